The Balaban J connectivity index is 1.52. The van der Waals surface area contributed by atoms with Gasteiger partial charge in [-0.3, -0.25) is 4.79 Å². The highest BCUT2D eigenvalue weighted by atomic mass is 16.5. The molecule has 2 aliphatic heterocycles. The number of aryl methyl sites for hydroxylation is 2. The molecule has 3 rings (SSSR count). The molecule has 0 spiro atoms. The van der Waals surface area contributed by atoms with Crippen molar-refractivity contribution in [2.24, 2.45) is 5.92 Å². The second-order valence-corrected chi connectivity index (χ2v) is 6.78. The van der Waals surface area contributed by atoms with E-state index in [1.54, 1.807) is 0 Å². The summed E-state index contributed by atoms with van der Waals surface area (Å²) in [6.45, 7) is 7.05. The van der Waals surface area contributed by atoms with E-state index in [-0.39, 0.29) is 5.91 Å². The third-order valence-electron chi connectivity index (χ3n) is 5.31. The van der Waals surface area contributed by atoms with Crippen molar-refractivity contribution in [1.29, 1.82) is 0 Å². The van der Waals surface area contributed by atoms with E-state index in [9.17, 15) is 4.79 Å². The standard InChI is InChI=1S/C17H27N3O2/c1-12-15(13(2)22-19-12)10-17(21)18-11-14-6-5-9-20-8-4-3-7-16(14)20/h14,16H,3-11H2,1-2H3,(H,18,21)/t14-,16+/m0/s1. The van der Waals surface area contributed by atoms with Crippen molar-refractivity contribution >= 4 is 5.91 Å². The minimum Gasteiger partial charge on any atom is -0.361 e. The zero-order valence-corrected chi connectivity index (χ0v) is 13.7. The molecule has 1 amide bonds. The summed E-state index contributed by atoms with van der Waals surface area (Å²) in [5.41, 5.74) is 1.75. The monoisotopic (exact) mass is 305 g/mol. The molecule has 0 aliphatic carbocycles. The van der Waals surface area contributed by atoms with Gasteiger partial charge in [0.05, 0.1) is 12.1 Å². The highest BCUT2D eigenvalue weighted by Crippen LogP contribution is 2.30. The molecule has 0 radical (unpaired) electrons. The number of nitrogens with zero attached hydrogens (tertiary/aromatic N) is 2. The van der Waals surface area contributed by atoms with Crippen LogP contribution in [0.1, 0.15) is 49.1 Å². The van der Waals surface area contributed by atoms with Crippen LogP contribution in [0.5, 0.6) is 0 Å². The SMILES string of the molecule is Cc1noc(C)c1CC(=O)NC[C@@H]1CCCN2CCCC[C@H]12. The first-order valence-corrected chi connectivity index (χ1v) is 8.57. The van der Waals surface area contributed by atoms with Gasteiger partial charge < -0.3 is 14.7 Å². The molecular formula is C17H27N3O2. The van der Waals surface area contributed by atoms with Crippen molar-refractivity contribution in [2.75, 3.05) is 19.6 Å². The van der Waals surface area contributed by atoms with E-state index >= 15 is 0 Å². The lowest BCUT2D eigenvalue weighted by Gasteiger charge is -2.44. The average molecular weight is 305 g/mol. The van der Waals surface area contributed by atoms with E-state index < -0.39 is 0 Å². The number of carbonyl (C=O) groups is 1. The van der Waals surface area contributed by atoms with E-state index in [0.29, 0.717) is 18.4 Å². The second kappa shape index (κ2) is 6.82. The highest BCUT2D eigenvalue weighted by molar-refractivity contribution is 5.79. The molecule has 2 fully saturated rings. The molecule has 2 saturated heterocycles. The molecular weight excluding hydrogens is 278 g/mol. The van der Waals surface area contributed by atoms with Gasteiger partial charge in [-0.2, -0.15) is 0 Å². The fourth-order valence-corrected chi connectivity index (χ4v) is 4.04. The van der Waals surface area contributed by atoms with Crippen LogP contribution >= 0.6 is 0 Å². The Morgan fingerprint density at radius 2 is 2.09 bits per heavy atom. The molecule has 0 saturated carbocycles. The fourth-order valence-electron chi connectivity index (χ4n) is 4.04. The van der Waals surface area contributed by atoms with Crippen LogP contribution in [0, 0.1) is 19.8 Å². The van der Waals surface area contributed by atoms with Crippen molar-refractivity contribution in [3.63, 3.8) is 0 Å². The Hall–Kier alpha value is -1.36. The highest BCUT2D eigenvalue weighted by Gasteiger charge is 2.32. The Morgan fingerprint density at radius 3 is 2.86 bits per heavy atom. The van der Waals surface area contributed by atoms with Crippen molar-refractivity contribution in [1.82, 2.24) is 15.4 Å². The molecule has 2 atom stereocenters. The first-order chi connectivity index (χ1) is 10.6. The van der Waals surface area contributed by atoms with Gasteiger partial charge in [-0.25, -0.2) is 0 Å². The molecule has 2 aliphatic rings. The first kappa shape index (κ1) is 15.5. The van der Waals surface area contributed by atoms with Gasteiger partial charge >= 0.3 is 0 Å². The van der Waals surface area contributed by atoms with E-state index in [4.69, 9.17) is 4.52 Å². The largest absolute Gasteiger partial charge is 0.361 e. The summed E-state index contributed by atoms with van der Waals surface area (Å²) in [5.74, 6) is 1.45. The molecule has 1 aromatic heterocycles. The van der Waals surface area contributed by atoms with Crippen molar-refractivity contribution in [3.05, 3.63) is 17.0 Å². The summed E-state index contributed by atoms with van der Waals surface area (Å²) in [4.78, 5) is 14.9. The summed E-state index contributed by atoms with van der Waals surface area (Å²) >= 11 is 0. The van der Waals surface area contributed by atoms with Crippen LogP contribution in [0.4, 0.5) is 0 Å². The van der Waals surface area contributed by atoms with Crippen LogP contribution < -0.4 is 5.32 Å². The Morgan fingerprint density at radius 1 is 1.27 bits per heavy atom. The van der Waals surface area contributed by atoms with Crippen LogP contribution in [0.3, 0.4) is 0 Å². The number of rotatable bonds is 4. The van der Waals surface area contributed by atoms with Crippen LogP contribution in [-0.2, 0) is 11.2 Å². The number of hydrogen-bond donors (Lipinski definition) is 1. The summed E-state index contributed by atoms with van der Waals surface area (Å²) in [6, 6.07) is 0.682. The predicted octanol–water partition coefficient (Wildman–Crippen LogP) is 2.21. The third kappa shape index (κ3) is 3.35. The van der Waals surface area contributed by atoms with Crippen molar-refractivity contribution in [3.8, 4) is 0 Å². The molecule has 1 N–H and O–H groups in total. The van der Waals surface area contributed by atoms with Gasteiger partial charge in [-0.15, -0.1) is 0 Å². The number of aromatic nitrogens is 1. The molecule has 1 aromatic rings. The lowest BCUT2D eigenvalue weighted by Crippen LogP contribution is -2.51. The maximum Gasteiger partial charge on any atom is 0.224 e. The molecule has 0 aromatic carbocycles. The van der Waals surface area contributed by atoms with Crippen LogP contribution in [0.15, 0.2) is 4.52 Å². The minimum absolute atomic E-state index is 0.0855. The normalized spacial score (nSPS) is 25.7. The maximum absolute atomic E-state index is 12.2. The Kier molecular flexibility index (Phi) is 4.81. The van der Waals surface area contributed by atoms with E-state index in [0.717, 1.165) is 23.6 Å². The molecule has 122 valence electrons. The summed E-state index contributed by atoms with van der Waals surface area (Å²) < 4.78 is 5.12. The number of piperidine rings is 2. The smallest absolute Gasteiger partial charge is 0.224 e. The molecule has 5 heteroatoms. The predicted molar refractivity (Wildman–Crippen MR) is 84.6 cm³/mol. The molecule has 5 nitrogen and oxygen atoms in total. The summed E-state index contributed by atoms with van der Waals surface area (Å²) in [5, 5.41) is 7.05. The number of nitrogens with one attached hydrogen (secondary N) is 1. The Bertz CT molecular complexity index is 504. The van der Waals surface area contributed by atoms with E-state index in [1.165, 1.54) is 45.2 Å². The van der Waals surface area contributed by atoms with Crippen LogP contribution in [-0.4, -0.2) is 41.6 Å². The van der Waals surface area contributed by atoms with E-state index in [1.807, 2.05) is 13.8 Å². The average Bonchev–Trinajstić information content (AvgIpc) is 2.85. The van der Waals surface area contributed by atoms with Crippen LogP contribution in [0.25, 0.3) is 0 Å². The number of amides is 1. The maximum atomic E-state index is 12.2. The van der Waals surface area contributed by atoms with Gasteiger partial charge in [0.25, 0.3) is 0 Å². The summed E-state index contributed by atoms with van der Waals surface area (Å²) in [6.07, 6.45) is 6.85. The molecule has 0 unspecified atom stereocenters. The third-order valence-corrected chi connectivity index (χ3v) is 5.31. The summed E-state index contributed by atoms with van der Waals surface area (Å²) in [7, 11) is 0. The van der Waals surface area contributed by atoms with Gasteiger partial charge in [-0.05, 0) is 58.5 Å². The second-order valence-electron chi connectivity index (χ2n) is 6.78. The van der Waals surface area contributed by atoms with Crippen molar-refractivity contribution in [2.45, 2.75) is 58.4 Å². The first-order valence-electron chi connectivity index (χ1n) is 8.57. The number of hydrogen-bond acceptors (Lipinski definition) is 4. The number of carbonyl (C=O) groups excluding carboxylic acids is 1. The van der Waals surface area contributed by atoms with Gasteiger partial charge in [-0.1, -0.05) is 11.6 Å². The Labute approximate surface area is 132 Å². The van der Waals surface area contributed by atoms with Crippen molar-refractivity contribution < 1.29 is 9.32 Å². The molecule has 3 heterocycles. The van der Waals surface area contributed by atoms with E-state index in [2.05, 4.69) is 15.4 Å². The van der Waals surface area contributed by atoms with Gasteiger partial charge in [0.1, 0.15) is 5.76 Å². The quantitative estimate of drug-likeness (QED) is 0.926. The van der Waals surface area contributed by atoms with Gasteiger partial charge in [0.2, 0.25) is 5.91 Å². The van der Waals surface area contributed by atoms with Gasteiger partial charge in [0, 0.05) is 18.2 Å². The zero-order chi connectivity index (χ0) is 15.5. The topological polar surface area (TPSA) is 58.4 Å². The number of fused-ring (bicyclic) bond motifs is 1. The molecule has 0 bridgehead atoms. The molecule has 22 heavy (non-hydrogen) atoms. The lowest BCUT2D eigenvalue weighted by atomic mass is 9.83. The lowest BCUT2D eigenvalue weighted by molar-refractivity contribution is -0.120. The zero-order valence-electron chi connectivity index (χ0n) is 13.7. The van der Waals surface area contributed by atoms with Gasteiger partial charge in [0.15, 0.2) is 0 Å². The fraction of sp³-hybridized carbons (Fsp3) is 0.765. The minimum atomic E-state index is 0.0855. The van der Waals surface area contributed by atoms with Crippen LogP contribution in [0.2, 0.25) is 0 Å².